The molecular formula is C87H97N15O17S2. The number of rotatable bonds is 39. The highest BCUT2D eigenvalue weighted by molar-refractivity contribution is 8.08. The number of piperidine rings is 2. The van der Waals surface area contributed by atoms with Gasteiger partial charge in [0.25, 0.3) is 17.4 Å². The summed E-state index contributed by atoms with van der Waals surface area (Å²) in [6.07, 6.45) is 6.22. The van der Waals surface area contributed by atoms with Gasteiger partial charge in [-0.15, -0.1) is 0 Å². The lowest BCUT2D eigenvalue weighted by atomic mass is 9.87. The molecule has 3 atom stereocenters. The van der Waals surface area contributed by atoms with Gasteiger partial charge in [0.2, 0.25) is 41.4 Å². The van der Waals surface area contributed by atoms with Crippen molar-refractivity contribution in [3.8, 4) is 28.7 Å². The summed E-state index contributed by atoms with van der Waals surface area (Å²) in [5.41, 5.74) is 13.9. The number of urea groups is 1. The molecule has 1 saturated carbocycles. The van der Waals surface area contributed by atoms with Crippen molar-refractivity contribution in [3.05, 3.63) is 183 Å². The molecular weight excluding hydrogens is 1590 g/mol. The number of ether oxygens (including phenoxy) is 5. The zero-order valence-corrected chi connectivity index (χ0v) is 69.0. The van der Waals surface area contributed by atoms with Gasteiger partial charge in [0.15, 0.2) is 5.60 Å². The molecule has 5 aliphatic rings. The number of hydrogen-bond acceptors (Lipinski definition) is 23. The quantitative estimate of drug-likeness (QED) is 0.00869. The first-order chi connectivity index (χ1) is 58.4. The third-order valence-electron chi connectivity index (χ3n) is 21.9. The van der Waals surface area contributed by atoms with Crippen molar-refractivity contribution in [1.29, 1.82) is 0 Å². The Morgan fingerprint density at radius 3 is 2.04 bits per heavy atom. The van der Waals surface area contributed by atoms with Gasteiger partial charge in [-0.3, -0.25) is 57.7 Å². The van der Waals surface area contributed by atoms with Crippen LogP contribution in [0.3, 0.4) is 0 Å². The number of primary amides is 2. The predicted octanol–water partition coefficient (Wildman–Crippen LogP) is 6.61. The van der Waals surface area contributed by atoms with Gasteiger partial charge < -0.3 is 80.9 Å². The maximum atomic E-state index is 14.1. The predicted molar refractivity (Wildman–Crippen MR) is 452 cm³/mol. The summed E-state index contributed by atoms with van der Waals surface area (Å²) in [7, 11) is 3.16. The highest BCUT2D eigenvalue weighted by Crippen LogP contribution is 2.46. The number of aliphatic carboxylic acids is 1. The third-order valence-corrected chi connectivity index (χ3v) is 24.2. The van der Waals surface area contributed by atoms with E-state index in [1.807, 2.05) is 121 Å². The Morgan fingerprint density at radius 2 is 1.39 bits per heavy atom. The normalized spacial score (nSPS) is 16.9. The van der Waals surface area contributed by atoms with E-state index in [4.69, 9.17) is 45.1 Å². The maximum absolute atomic E-state index is 14.1. The highest BCUT2D eigenvalue weighted by Gasteiger charge is 2.46. The van der Waals surface area contributed by atoms with Gasteiger partial charge in [0.05, 0.1) is 105 Å². The van der Waals surface area contributed by atoms with Crippen LogP contribution in [0.1, 0.15) is 94.4 Å². The van der Waals surface area contributed by atoms with Gasteiger partial charge in [-0.2, -0.15) is 0 Å². The van der Waals surface area contributed by atoms with Crippen LogP contribution in [0, 0.1) is 17.8 Å². The first-order valence-corrected chi connectivity index (χ1v) is 41.8. The summed E-state index contributed by atoms with van der Waals surface area (Å²) in [5.74, 6) is -0.614. The second kappa shape index (κ2) is 40.0. The van der Waals surface area contributed by atoms with Crippen LogP contribution >= 0.6 is 23.5 Å². The Bertz CT molecular complexity index is 5260. The number of carbonyl (C=O) groups excluding carboxylic acids is 9. The standard InChI is InChI=1S/C87H97N15O17S2/c1-86(93-34-13-14-55-21-26-69(115-3)68(46-55)100-38-30-73(106)102(85(100)114)53-91-79(109)57(48-70(88)103)49-74(107)108)32-39-98(40-33-86)59-28-36-99(37-29-59)84-95-66-25-22-56(65-51-97(2)81(111)75-63(65)27-35-90-75)47-64(66)78(96-84)87(119-60-23-24-60,58-15-7-4-8-16-58)52-118-54-92-80(110)67(50-71(89)104)94-72(105)31-42-116-44-45-117-43-41-101-82(112)76(120-61-17-9-5-10-18-61)77(83(101)113)121-62-19-11-6-12-20-62/h4-12,15-22,25-27,35,46-47,51,57,59-60,67,90,93H,23-24,28-34,36-45,48-50,52-54H2,1-3H3,(H2,88,103)(H2,89,104)(H,91,109)(H,92,110)(H,94,105)(H,107,108)/t57-,67-,87-/m0/s1. The van der Waals surface area contributed by atoms with E-state index < -0.39 is 109 Å². The summed E-state index contributed by atoms with van der Waals surface area (Å²) < 4.78 is 32.5. The fourth-order valence-electron chi connectivity index (χ4n) is 15.2. The summed E-state index contributed by atoms with van der Waals surface area (Å²) in [6.45, 7) is 4.53. The number of H-pyrrole nitrogens is 1. The second-order valence-corrected chi connectivity index (χ2v) is 32.6. The number of aromatic nitrogens is 4. The van der Waals surface area contributed by atoms with Gasteiger partial charge in [0.1, 0.15) is 30.7 Å². The molecule has 4 fully saturated rings. The molecule has 5 aromatic carbocycles. The topological polar surface area (TPSA) is 417 Å². The van der Waals surface area contributed by atoms with E-state index in [-0.39, 0.29) is 82.2 Å². The molecule has 0 bridgehead atoms. The number of imide groups is 2. The first-order valence-electron chi connectivity index (χ1n) is 40.1. The molecule has 8 aromatic rings. The number of methoxy groups -OCH3 is 1. The summed E-state index contributed by atoms with van der Waals surface area (Å²) >= 11 is 2.48. The van der Waals surface area contributed by atoms with E-state index in [0.717, 1.165) is 82.8 Å². The number of carboxylic acids is 1. The van der Waals surface area contributed by atoms with E-state index in [1.54, 1.807) is 36.0 Å². The number of nitrogens with one attached hydrogen (secondary N) is 5. The van der Waals surface area contributed by atoms with Crippen LogP contribution in [0.4, 0.5) is 16.4 Å². The number of aryl methyl sites for hydroxylation is 1. The Morgan fingerprint density at radius 1 is 0.719 bits per heavy atom. The number of pyridine rings is 1. The Hall–Kier alpha value is -11.8. The highest BCUT2D eigenvalue weighted by atomic mass is 32.2. The Kier molecular flexibility index (Phi) is 28.8. The van der Waals surface area contributed by atoms with Crippen LogP contribution in [0.5, 0.6) is 5.75 Å². The number of nitrogens with two attached hydrogens (primary N) is 2. The van der Waals surface area contributed by atoms with Crippen molar-refractivity contribution in [2.24, 2.45) is 24.4 Å². The summed E-state index contributed by atoms with van der Waals surface area (Å²) in [5, 5.41) is 22.2. The number of aromatic amines is 1. The van der Waals surface area contributed by atoms with E-state index >= 15 is 0 Å². The molecule has 1 aliphatic carbocycles. The van der Waals surface area contributed by atoms with Gasteiger partial charge in [-0.05, 0) is 117 Å². The molecule has 32 nitrogen and oxygen atoms in total. The minimum atomic E-state index is -1.44. The third kappa shape index (κ3) is 21.7. The number of benzene rings is 5. The number of thioether (sulfide) groups is 2. The lowest BCUT2D eigenvalue weighted by molar-refractivity contribution is -0.142. The van der Waals surface area contributed by atoms with Crippen LogP contribution in [0.25, 0.3) is 32.9 Å². The van der Waals surface area contributed by atoms with Crippen molar-refractivity contribution in [1.82, 2.24) is 55.5 Å². The largest absolute Gasteiger partial charge is 0.495 e. The van der Waals surface area contributed by atoms with Crippen molar-refractivity contribution < 1.29 is 76.7 Å². The number of amides is 10. The molecule has 7 heterocycles. The summed E-state index contributed by atoms with van der Waals surface area (Å²) in [6, 6.07) is 39.5. The minimum Gasteiger partial charge on any atom is -0.495 e. The number of nitrogens with zero attached hydrogens (tertiary/aromatic N) is 8. The fourth-order valence-corrected chi connectivity index (χ4v) is 17.3. The lowest BCUT2D eigenvalue weighted by Crippen LogP contribution is -2.56. The summed E-state index contributed by atoms with van der Waals surface area (Å²) in [4.78, 5) is 168. The van der Waals surface area contributed by atoms with E-state index in [1.165, 1.54) is 40.4 Å². The molecule has 34 heteroatoms. The van der Waals surface area contributed by atoms with E-state index in [2.05, 4.69) is 54.8 Å². The monoisotopic (exact) mass is 1690 g/mol. The van der Waals surface area contributed by atoms with Crippen LogP contribution in [-0.2, 0) is 74.7 Å². The average molecular weight is 1690 g/mol. The molecule has 0 spiro atoms. The molecule has 121 heavy (non-hydrogen) atoms. The number of likely N-dealkylation sites (tertiary alicyclic amines) is 1. The number of anilines is 2. The molecule has 0 unspecified atom stereocenters. The molecule has 10 amide bonds. The van der Waals surface area contributed by atoms with Gasteiger partial charge in [-0.25, -0.2) is 19.7 Å². The van der Waals surface area contributed by atoms with Crippen molar-refractivity contribution in [2.75, 3.05) is 109 Å². The van der Waals surface area contributed by atoms with Crippen molar-refractivity contribution in [3.63, 3.8) is 0 Å². The van der Waals surface area contributed by atoms with Crippen LogP contribution in [0.15, 0.2) is 170 Å². The van der Waals surface area contributed by atoms with Crippen molar-refractivity contribution >= 4 is 116 Å². The molecule has 4 aliphatic heterocycles. The number of carbonyl (C=O) groups is 10. The second-order valence-electron chi connectivity index (χ2n) is 30.4. The van der Waals surface area contributed by atoms with Crippen LogP contribution in [-0.4, -0.2) is 222 Å². The zero-order chi connectivity index (χ0) is 85.3. The maximum Gasteiger partial charge on any atom is 0.332 e. The minimum absolute atomic E-state index is 0.00572. The molecule has 3 saturated heterocycles. The van der Waals surface area contributed by atoms with Gasteiger partial charge in [-0.1, -0.05) is 108 Å². The lowest BCUT2D eigenvalue weighted by Gasteiger charge is -2.45. The molecule has 0 radical (unpaired) electrons. The zero-order valence-electron chi connectivity index (χ0n) is 67.4. The molecule has 13 rings (SSSR count). The van der Waals surface area contributed by atoms with E-state index in [0.29, 0.717) is 80.1 Å². The first kappa shape index (κ1) is 87.0. The Labute approximate surface area is 706 Å². The molecule has 3 aromatic heterocycles. The Balaban J connectivity index is 0.636. The average Bonchev–Trinajstić information content (AvgIpc) is 1.43. The van der Waals surface area contributed by atoms with E-state index in [9.17, 15) is 57.8 Å². The fraction of sp³-hybridized carbons (Fsp3) is 0.391. The molecule has 634 valence electrons. The number of hydrogen-bond donors (Lipinski definition) is 8. The van der Waals surface area contributed by atoms with Gasteiger partial charge in [0, 0.05) is 115 Å². The van der Waals surface area contributed by atoms with Gasteiger partial charge >= 0.3 is 12.0 Å². The number of fused-ring (bicyclic) bond motifs is 2. The smallest absolute Gasteiger partial charge is 0.332 e. The molecule has 10 N–H and O–H groups in total. The number of carboxylic acid groups (broad SMARTS) is 1. The van der Waals surface area contributed by atoms with Crippen molar-refractivity contribution in [2.45, 2.75) is 117 Å². The van der Waals surface area contributed by atoms with Crippen LogP contribution in [0.2, 0.25) is 0 Å². The van der Waals surface area contributed by atoms with Crippen LogP contribution < -0.4 is 52.8 Å². The SMILES string of the molecule is COc1ccc(C#CCNC2(C)CCN(C3CCN(c4nc([C@@](COCNC(=O)[C@H](CC(N)=O)NC(=O)CCOCCOCCN5C(=O)C(Sc6ccccc6)=C(Sc6ccccc6)C5=O)(OC5CC5)c5ccccc5)c5cc(-c6cn(C)c(=O)c7[nH]ccc67)ccc5n4)CC3)CC2)cc1N1CCC(=O)N(CNC(=O)[C@@H](CC(N)=O)CC(=O)O)C1=O.